The van der Waals surface area contributed by atoms with Gasteiger partial charge in [-0.3, -0.25) is 19.0 Å². The number of morpholine rings is 1. The van der Waals surface area contributed by atoms with Crippen LogP contribution in [0.5, 0.6) is 5.88 Å². The van der Waals surface area contributed by atoms with Crippen LogP contribution in [0.1, 0.15) is 56.5 Å². The lowest BCUT2D eigenvalue weighted by Crippen LogP contribution is -2.51. The van der Waals surface area contributed by atoms with Crippen LogP contribution in [-0.2, 0) is 16.1 Å². The van der Waals surface area contributed by atoms with E-state index in [9.17, 15) is 19.5 Å². The highest BCUT2D eigenvalue weighted by atomic mass is 16.5. The van der Waals surface area contributed by atoms with Crippen molar-refractivity contribution in [2.45, 2.75) is 65.2 Å². The van der Waals surface area contributed by atoms with Gasteiger partial charge in [0, 0.05) is 18.7 Å². The number of aromatic nitrogens is 3. The number of nitrogens with zero attached hydrogens (tertiary/aromatic N) is 4. The van der Waals surface area contributed by atoms with Gasteiger partial charge in [0.25, 0.3) is 11.5 Å². The van der Waals surface area contributed by atoms with Crippen LogP contribution in [0.15, 0.2) is 10.9 Å². The first kappa shape index (κ1) is 23.8. The van der Waals surface area contributed by atoms with Crippen molar-refractivity contribution in [2.24, 2.45) is 5.92 Å². The molecule has 11 nitrogen and oxygen atoms in total. The van der Waals surface area contributed by atoms with Gasteiger partial charge < -0.3 is 25.8 Å². The van der Waals surface area contributed by atoms with Gasteiger partial charge in [-0.05, 0) is 38.7 Å². The van der Waals surface area contributed by atoms with E-state index in [0.717, 1.165) is 17.4 Å². The minimum absolute atomic E-state index is 0.0118. The molecule has 2 atom stereocenters. The summed E-state index contributed by atoms with van der Waals surface area (Å²) in [5.41, 5.74) is 5.70. The zero-order valence-electron chi connectivity index (χ0n) is 19.9. The van der Waals surface area contributed by atoms with Gasteiger partial charge in [0.2, 0.25) is 11.8 Å². The maximum atomic E-state index is 13.4. The van der Waals surface area contributed by atoms with Crippen molar-refractivity contribution in [3.05, 3.63) is 27.6 Å². The van der Waals surface area contributed by atoms with Gasteiger partial charge in [0.05, 0.1) is 30.9 Å². The number of rotatable bonds is 6. The quantitative estimate of drug-likeness (QED) is 0.532. The van der Waals surface area contributed by atoms with E-state index in [1.54, 1.807) is 4.90 Å². The van der Waals surface area contributed by atoms with Gasteiger partial charge in [0.1, 0.15) is 0 Å². The largest absolute Gasteiger partial charge is 0.492 e. The average Bonchev–Trinajstić information content (AvgIpc) is 3.50. The van der Waals surface area contributed by atoms with Gasteiger partial charge in [-0.15, -0.1) is 5.10 Å². The monoisotopic (exact) mass is 472 g/mol. The number of nitrogen functional groups attached to an aromatic ring is 1. The molecule has 4 rings (SSSR count). The molecule has 1 aliphatic heterocycles. The van der Waals surface area contributed by atoms with Gasteiger partial charge >= 0.3 is 0 Å². The molecular weight excluding hydrogens is 440 g/mol. The molecule has 2 fully saturated rings. The minimum Gasteiger partial charge on any atom is -0.492 e. The van der Waals surface area contributed by atoms with Crippen molar-refractivity contribution in [1.29, 1.82) is 0 Å². The summed E-state index contributed by atoms with van der Waals surface area (Å²) in [6.07, 6.45) is 4.58. The predicted octanol–water partition coefficient (Wildman–Crippen LogP) is 0.981. The summed E-state index contributed by atoms with van der Waals surface area (Å²) in [4.78, 5) is 40.8. The summed E-state index contributed by atoms with van der Waals surface area (Å²) >= 11 is 0. The number of carbonyl (C=O) groups excluding carboxylic acids is 2. The van der Waals surface area contributed by atoms with Crippen LogP contribution in [0.4, 0.5) is 5.82 Å². The third-order valence-electron chi connectivity index (χ3n) is 6.07. The van der Waals surface area contributed by atoms with E-state index >= 15 is 0 Å². The number of aromatic hydroxyl groups is 1. The van der Waals surface area contributed by atoms with Gasteiger partial charge in [-0.25, -0.2) is 0 Å². The van der Waals surface area contributed by atoms with Crippen LogP contribution in [0, 0.1) is 5.92 Å². The Morgan fingerprint density at radius 2 is 1.91 bits per heavy atom. The summed E-state index contributed by atoms with van der Waals surface area (Å²) in [5.74, 6) is -1.36. The highest BCUT2D eigenvalue weighted by Crippen LogP contribution is 2.27. The molecule has 1 aliphatic carbocycles. The van der Waals surface area contributed by atoms with Crippen molar-refractivity contribution in [1.82, 2.24) is 24.4 Å². The van der Waals surface area contributed by atoms with Crippen LogP contribution in [0.2, 0.25) is 0 Å². The molecule has 0 radical (unpaired) electrons. The molecular formula is C23H32N6O5. The summed E-state index contributed by atoms with van der Waals surface area (Å²) in [5, 5.41) is 17.8. The van der Waals surface area contributed by atoms with Crippen molar-refractivity contribution >= 4 is 29.4 Å². The Balaban J connectivity index is 1.81. The number of hydrogen-bond acceptors (Lipinski definition) is 7. The fourth-order valence-electron chi connectivity index (χ4n) is 4.34. The highest BCUT2D eigenvalue weighted by Gasteiger charge is 2.31. The lowest BCUT2D eigenvalue weighted by Gasteiger charge is -2.38. The summed E-state index contributed by atoms with van der Waals surface area (Å²) in [7, 11) is 0. The molecule has 0 unspecified atom stereocenters. The normalized spacial score (nSPS) is 21.0. The van der Waals surface area contributed by atoms with E-state index in [1.807, 2.05) is 27.7 Å². The second kappa shape index (κ2) is 9.13. The Kier molecular flexibility index (Phi) is 6.39. The zero-order chi connectivity index (χ0) is 24.7. The predicted molar refractivity (Wildman–Crippen MR) is 126 cm³/mol. The van der Waals surface area contributed by atoms with Crippen LogP contribution < -0.4 is 16.6 Å². The second-order valence-corrected chi connectivity index (χ2v) is 9.60. The van der Waals surface area contributed by atoms with Crippen LogP contribution in [-0.4, -0.2) is 67.3 Å². The smallest absolute Gasteiger partial charge is 0.270 e. The molecule has 11 heteroatoms. The molecule has 0 spiro atoms. The molecule has 184 valence electrons. The van der Waals surface area contributed by atoms with Crippen molar-refractivity contribution in [2.75, 3.05) is 18.9 Å². The van der Waals surface area contributed by atoms with E-state index in [4.69, 9.17) is 10.5 Å². The lowest BCUT2D eigenvalue weighted by molar-refractivity contribution is -0.138. The highest BCUT2D eigenvalue weighted by molar-refractivity contribution is 5.97. The summed E-state index contributed by atoms with van der Waals surface area (Å²) < 4.78 is 7.98. The topological polar surface area (TPSA) is 144 Å². The maximum Gasteiger partial charge on any atom is 0.270 e. The third-order valence-corrected chi connectivity index (χ3v) is 6.07. The van der Waals surface area contributed by atoms with Crippen LogP contribution in [0.25, 0.3) is 11.7 Å². The number of anilines is 1. The van der Waals surface area contributed by atoms with Crippen molar-refractivity contribution < 1.29 is 19.4 Å². The first-order valence-electron chi connectivity index (χ1n) is 11.6. The van der Waals surface area contributed by atoms with Crippen molar-refractivity contribution in [3.8, 4) is 5.88 Å². The van der Waals surface area contributed by atoms with Crippen LogP contribution >= 0.6 is 0 Å². The number of nitrogens with one attached hydrogen (secondary N) is 1. The molecule has 0 aromatic carbocycles. The molecule has 2 amide bonds. The number of ether oxygens (including phenoxy) is 1. The Bertz CT molecular complexity index is 1200. The maximum absolute atomic E-state index is 13.4. The number of nitrogens with two attached hydrogens (primary N) is 1. The van der Waals surface area contributed by atoms with E-state index in [-0.39, 0.29) is 53.5 Å². The molecule has 2 aliphatic rings. The average molecular weight is 473 g/mol. The van der Waals surface area contributed by atoms with E-state index in [2.05, 4.69) is 10.4 Å². The lowest BCUT2D eigenvalue weighted by atomic mass is 10.1. The molecule has 2 aromatic heterocycles. The molecule has 1 saturated carbocycles. The number of carbonyl (C=O) groups is 2. The van der Waals surface area contributed by atoms with Gasteiger partial charge in [-0.2, -0.15) is 4.52 Å². The standard InChI is InChI=1S/C23H32N6O5/c1-12(2)9-27-21-16(7-8-17(30)28-13(3)10-34-11-14(28)4)19(24)26-29(21)23(33)18(22(27)32)20(31)25-15-5-6-15/h7-8,12-15,33H,5-6,9-11H2,1-4H3,(H2,24,26)(H,25,31)/b8-7+/t13-,14-/m0/s1. The molecule has 1 saturated heterocycles. The Labute approximate surface area is 197 Å². The van der Waals surface area contributed by atoms with E-state index in [1.165, 1.54) is 16.7 Å². The van der Waals surface area contributed by atoms with Crippen molar-refractivity contribution in [3.63, 3.8) is 0 Å². The molecule has 34 heavy (non-hydrogen) atoms. The third kappa shape index (κ3) is 4.39. The Hall–Kier alpha value is -3.34. The summed E-state index contributed by atoms with van der Waals surface area (Å²) in [6.45, 7) is 8.87. The van der Waals surface area contributed by atoms with Gasteiger partial charge in [-0.1, -0.05) is 13.8 Å². The van der Waals surface area contributed by atoms with Crippen LogP contribution in [0.3, 0.4) is 0 Å². The first-order valence-corrected chi connectivity index (χ1v) is 11.6. The second-order valence-electron chi connectivity index (χ2n) is 9.60. The zero-order valence-corrected chi connectivity index (χ0v) is 19.9. The molecule has 4 N–H and O–H groups in total. The first-order chi connectivity index (χ1) is 16.1. The van der Waals surface area contributed by atoms with Gasteiger partial charge in [0.15, 0.2) is 17.0 Å². The molecule has 3 heterocycles. The molecule has 2 aromatic rings. The van der Waals surface area contributed by atoms with E-state index < -0.39 is 17.3 Å². The fourth-order valence-corrected chi connectivity index (χ4v) is 4.34. The number of hydrogen-bond donors (Lipinski definition) is 3. The fraction of sp³-hybridized carbons (Fsp3) is 0.565. The Morgan fingerprint density at radius 1 is 1.26 bits per heavy atom. The number of amides is 2. The molecule has 0 bridgehead atoms. The summed E-state index contributed by atoms with van der Waals surface area (Å²) in [6, 6.07) is -0.159. The minimum atomic E-state index is -0.638. The Morgan fingerprint density at radius 3 is 2.50 bits per heavy atom. The SMILES string of the molecule is CC(C)Cn1c(=O)c(C(=O)NC2CC2)c(O)n2nc(N)c(/C=C/C(=O)N3[C@@H](C)COC[C@@H]3C)c12. The number of fused-ring (bicyclic) bond motifs is 1. The van der Waals surface area contributed by atoms with E-state index in [0.29, 0.717) is 18.8 Å².